The van der Waals surface area contributed by atoms with E-state index in [0.717, 1.165) is 10.2 Å². The molecule has 0 atom stereocenters. The van der Waals surface area contributed by atoms with E-state index in [9.17, 15) is 9.90 Å². The van der Waals surface area contributed by atoms with E-state index in [1.165, 1.54) is 0 Å². The molecule has 0 heterocycles. The molecule has 9 heteroatoms. The van der Waals surface area contributed by atoms with E-state index in [-0.39, 0.29) is 6.61 Å². The van der Waals surface area contributed by atoms with Crippen molar-refractivity contribution >= 4 is 55.0 Å². The van der Waals surface area contributed by atoms with Crippen molar-refractivity contribution in [2.75, 3.05) is 36.1 Å². The van der Waals surface area contributed by atoms with E-state index in [1.54, 1.807) is 31.4 Å². The first-order valence-corrected chi connectivity index (χ1v) is 9.35. The molecule has 140 valence electrons. The number of nitrogens with one attached hydrogen (secondary N) is 3. The highest BCUT2D eigenvalue weighted by atomic mass is 79.9. The number of aliphatic hydroxyl groups is 1. The summed E-state index contributed by atoms with van der Waals surface area (Å²) in [5.41, 5.74) is 7.92. The Morgan fingerprint density at radius 3 is 2.54 bits per heavy atom. The van der Waals surface area contributed by atoms with Gasteiger partial charge in [-0.2, -0.15) is 0 Å². The molecular weight excluding hydrogens is 468 g/mol. The summed E-state index contributed by atoms with van der Waals surface area (Å²) in [5.74, 6) is 0.601. The van der Waals surface area contributed by atoms with Gasteiger partial charge < -0.3 is 31.5 Å². The number of aliphatic hydroxyl groups excluding tert-OH is 1. The van der Waals surface area contributed by atoms with Crippen molar-refractivity contribution in [1.82, 2.24) is 0 Å². The number of hydrogen-bond donors (Lipinski definition) is 5. The maximum atomic E-state index is 12.4. The number of methoxy groups -OCH3 is 1. The zero-order valence-corrected chi connectivity index (χ0v) is 17.3. The number of ether oxygens (including phenoxy) is 1. The van der Waals surface area contributed by atoms with Crippen LogP contribution in [0.1, 0.15) is 5.56 Å². The fourth-order valence-corrected chi connectivity index (χ4v) is 3.62. The van der Waals surface area contributed by atoms with Gasteiger partial charge in [0.05, 0.1) is 19.4 Å². The van der Waals surface area contributed by atoms with E-state index in [4.69, 9.17) is 10.5 Å². The minimum absolute atomic E-state index is 0.213. The third-order valence-electron chi connectivity index (χ3n) is 3.44. The van der Waals surface area contributed by atoms with Crippen molar-refractivity contribution < 1.29 is 14.6 Å². The molecule has 0 bridgehead atoms. The zero-order valence-electron chi connectivity index (χ0n) is 14.1. The van der Waals surface area contributed by atoms with E-state index in [2.05, 4.69) is 47.8 Å². The lowest BCUT2D eigenvalue weighted by atomic mass is 10.2. The monoisotopic (exact) mass is 486 g/mol. The molecule has 0 aliphatic heterocycles. The first-order chi connectivity index (χ1) is 12.5. The number of nitrogens with two attached hydrogens (primary N) is 1. The summed E-state index contributed by atoms with van der Waals surface area (Å²) in [4.78, 5) is 12.4. The molecular formula is C17H20Br2N4O3. The Bertz CT molecular complexity index is 787. The number of carbonyl (C=O) groups excluding carboxylic acids is 1. The van der Waals surface area contributed by atoms with Crippen molar-refractivity contribution in [3.63, 3.8) is 0 Å². The summed E-state index contributed by atoms with van der Waals surface area (Å²) in [5, 5.41) is 18.2. The second-order valence-corrected chi connectivity index (χ2v) is 7.09. The van der Waals surface area contributed by atoms with E-state index in [0.29, 0.717) is 40.2 Å². The number of urea groups is 1. The van der Waals surface area contributed by atoms with Gasteiger partial charge in [-0.3, -0.25) is 0 Å². The maximum absolute atomic E-state index is 12.4. The Morgan fingerprint density at radius 2 is 1.88 bits per heavy atom. The van der Waals surface area contributed by atoms with Gasteiger partial charge in [0.1, 0.15) is 5.75 Å². The van der Waals surface area contributed by atoms with Crippen LogP contribution >= 0.6 is 31.9 Å². The largest absolute Gasteiger partial charge is 0.497 e. The van der Waals surface area contributed by atoms with Gasteiger partial charge in [0.25, 0.3) is 0 Å². The van der Waals surface area contributed by atoms with E-state index < -0.39 is 6.03 Å². The standard InChI is InChI=1S/C17H20Br2N4O3/c1-26-13-7-11(21-3-2-20)6-12(8-13)22-17(25)23-16-5-10(18)4-15(19)14(16)9-24/h4-8,21,24H,2-3,9,20H2,1H3,(H2,22,23,25). The molecule has 0 radical (unpaired) electrons. The Labute approximate surface area is 168 Å². The molecule has 0 saturated heterocycles. The van der Waals surface area contributed by atoms with Gasteiger partial charge in [0.15, 0.2) is 0 Å². The van der Waals surface area contributed by atoms with Gasteiger partial charge in [-0.1, -0.05) is 31.9 Å². The van der Waals surface area contributed by atoms with Crippen LogP contribution in [0.15, 0.2) is 39.3 Å². The van der Waals surface area contributed by atoms with E-state index in [1.807, 2.05) is 6.07 Å². The molecule has 0 aliphatic rings. The summed E-state index contributed by atoms with van der Waals surface area (Å²) in [6.07, 6.45) is 0. The molecule has 7 nitrogen and oxygen atoms in total. The normalized spacial score (nSPS) is 10.3. The van der Waals surface area contributed by atoms with Crippen LogP contribution in [0.25, 0.3) is 0 Å². The van der Waals surface area contributed by atoms with Crippen LogP contribution < -0.4 is 26.4 Å². The number of hydrogen-bond acceptors (Lipinski definition) is 5. The first-order valence-electron chi connectivity index (χ1n) is 7.76. The smallest absolute Gasteiger partial charge is 0.323 e. The number of halogens is 2. The van der Waals surface area contributed by atoms with Crippen molar-refractivity contribution in [3.05, 3.63) is 44.8 Å². The Kier molecular flexibility index (Phi) is 7.70. The number of benzene rings is 2. The molecule has 2 aromatic rings. The van der Waals surface area contributed by atoms with Gasteiger partial charge >= 0.3 is 6.03 Å². The molecule has 0 aromatic heterocycles. The fourth-order valence-electron chi connectivity index (χ4n) is 2.27. The summed E-state index contributed by atoms with van der Waals surface area (Å²) in [6.45, 7) is 0.878. The Morgan fingerprint density at radius 1 is 1.15 bits per heavy atom. The number of rotatable bonds is 7. The molecule has 0 spiro atoms. The van der Waals surface area contributed by atoms with Gasteiger partial charge in [-0.25, -0.2) is 4.79 Å². The Hall–Kier alpha value is -1.81. The highest BCUT2D eigenvalue weighted by molar-refractivity contribution is 9.11. The van der Waals surface area contributed by atoms with Gasteiger partial charge in [-0.15, -0.1) is 0 Å². The minimum Gasteiger partial charge on any atom is -0.497 e. The zero-order chi connectivity index (χ0) is 19.1. The van der Waals surface area contributed by atoms with Crippen LogP contribution in [-0.2, 0) is 6.61 Å². The van der Waals surface area contributed by atoms with Crippen molar-refractivity contribution in [1.29, 1.82) is 0 Å². The van der Waals surface area contributed by atoms with Gasteiger partial charge in [-0.05, 0) is 18.2 Å². The molecule has 2 aromatic carbocycles. The molecule has 0 aliphatic carbocycles. The predicted molar refractivity (Wildman–Crippen MR) is 111 cm³/mol. The van der Waals surface area contributed by atoms with Crippen LogP contribution in [0.2, 0.25) is 0 Å². The lowest BCUT2D eigenvalue weighted by molar-refractivity contribution is 0.262. The average Bonchev–Trinajstić information content (AvgIpc) is 2.59. The lowest BCUT2D eigenvalue weighted by Gasteiger charge is -2.14. The molecule has 26 heavy (non-hydrogen) atoms. The molecule has 0 fully saturated rings. The number of carbonyl (C=O) groups is 1. The van der Waals surface area contributed by atoms with Crippen LogP contribution in [0.5, 0.6) is 5.75 Å². The van der Waals surface area contributed by atoms with Crippen LogP contribution in [0.3, 0.4) is 0 Å². The fraction of sp³-hybridized carbons (Fsp3) is 0.235. The van der Waals surface area contributed by atoms with Gasteiger partial charge in [0, 0.05) is 51.1 Å². The van der Waals surface area contributed by atoms with Crippen molar-refractivity contribution in [2.45, 2.75) is 6.61 Å². The highest BCUT2D eigenvalue weighted by Crippen LogP contribution is 2.30. The lowest BCUT2D eigenvalue weighted by Crippen LogP contribution is -2.20. The summed E-state index contributed by atoms with van der Waals surface area (Å²) < 4.78 is 6.72. The van der Waals surface area contributed by atoms with Crippen LogP contribution in [0.4, 0.5) is 21.9 Å². The van der Waals surface area contributed by atoms with Crippen LogP contribution in [0, 0.1) is 0 Å². The second kappa shape index (κ2) is 9.77. The number of anilines is 3. The highest BCUT2D eigenvalue weighted by Gasteiger charge is 2.12. The van der Waals surface area contributed by atoms with E-state index >= 15 is 0 Å². The predicted octanol–water partition coefficient (Wildman–Crippen LogP) is 3.73. The molecule has 0 unspecified atom stereocenters. The molecule has 2 rings (SSSR count). The van der Waals surface area contributed by atoms with Crippen molar-refractivity contribution in [3.8, 4) is 5.75 Å². The molecule has 2 amide bonds. The summed E-state index contributed by atoms with van der Waals surface area (Å²) in [6, 6.07) is 8.37. The summed E-state index contributed by atoms with van der Waals surface area (Å²) in [7, 11) is 1.55. The third kappa shape index (κ3) is 5.60. The van der Waals surface area contributed by atoms with Gasteiger partial charge in [0.2, 0.25) is 0 Å². The SMILES string of the molecule is COc1cc(NCCN)cc(NC(=O)Nc2cc(Br)cc(Br)c2CO)c1. The Balaban J connectivity index is 2.17. The third-order valence-corrected chi connectivity index (χ3v) is 4.61. The quantitative estimate of drug-likeness (QED) is 0.409. The summed E-state index contributed by atoms with van der Waals surface area (Å²) >= 11 is 6.74. The second-order valence-electron chi connectivity index (χ2n) is 5.32. The molecule has 6 N–H and O–H groups in total. The van der Waals surface area contributed by atoms with Crippen LogP contribution in [-0.4, -0.2) is 31.3 Å². The molecule has 0 saturated carbocycles. The minimum atomic E-state index is -0.442. The number of amides is 2. The first kappa shape index (κ1) is 20.5. The maximum Gasteiger partial charge on any atom is 0.323 e. The van der Waals surface area contributed by atoms with Crippen molar-refractivity contribution in [2.24, 2.45) is 5.73 Å². The average molecular weight is 488 g/mol. The topological polar surface area (TPSA) is 109 Å².